The number of ether oxygens (including phenoxy) is 2. The van der Waals surface area contributed by atoms with Crippen LogP contribution in [0, 0.1) is 0 Å². The monoisotopic (exact) mass is 320 g/mol. The third-order valence-electron chi connectivity index (χ3n) is 3.97. The SMILES string of the molecule is COC(=O)[C@@H]1C[C@@H](O)CN1C.COC(=O)[C@@H]1C[C@H](F)CN1C. The Morgan fingerprint density at radius 1 is 1.00 bits per heavy atom. The molecular formula is C14H25FN2O5. The first-order chi connectivity index (χ1) is 10.3. The molecule has 0 amide bonds. The van der Waals surface area contributed by atoms with E-state index in [1.165, 1.54) is 14.2 Å². The minimum absolute atomic E-state index is 0.255. The van der Waals surface area contributed by atoms with Gasteiger partial charge in [-0.3, -0.25) is 19.4 Å². The molecule has 2 aliphatic heterocycles. The maximum Gasteiger partial charge on any atom is 0.323 e. The summed E-state index contributed by atoms with van der Waals surface area (Å²) >= 11 is 0. The Hall–Kier alpha value is -1.25. The third-order valence-corrected chi connectivity index (χ3v) is 3.97. The van der Waals surface area contributed by atoms with Gasteiger partial charge in [0.05, 0.1) is 20.3 Å². The second-order valence-electron chi connectivity index (χ2n) is 5.68. The van der Waals surface area contributed by atoms with Crippen molar-refractivity contribution in [1.29, 1.82) is 0 Å². The lowest BCUT2D eigenvalue weighted by Crippen LogP contribution is -2.33. The van der Waals surface area contributed by atoms with Crippen LogP contribution in [0.5, 0.6) is 0 Å². The maximum atomic E-state index is 12.7. The number of likely N-dealkylation sites (N-methyl/N-ethyl adjacent to an activating group) is 2. The smallest absolute Gasteiger partial charge is 0.323 e. The van der Waals surface area contributed by atoms with E-state index >= 15 is 0 Å². The number of likely N-dealkylation sites (tertiary alicyclic amines) is 2. The first-order valence-corrected chi connectivity index (χ1v) is 7.18. The van der Waals surface area contributed by atoms with Crippen molar-refractivity contribution in [3.63, 3.8) is 0 Å². The van der Waals surface area contributed by atoms with Crippen LogP contribution >= 0.6 is 0 Å². The molecular weight excluding hydrogens is 295 g/mol. The van der Waals surface area contributed by atoms with E-state index in [2.05, 4.69) is 9.47 Å². The summed E-state index contributed by atoms with van der Waals surface area (Å²) in [5.74, 6) is -0.600. The second kappa shape index (κ2) is 8.40. The molecule has 1 N–H and O–H groups in total. The number of hydrogen-bond donors (Lipinski definition) is 1. The molecule has 2 rings (SSSR count). The molecule has 0 aromatic rings. The number of rotatable bonds is 2. The number of β-amino-alcohol motifs (C(OH)–C–C–N with tert-alkyl or cyclic N) is 1. The summed E-state index contributed by atoms with van der Waals surface area (Å²) in [5.41, 5.74) is 0. The van der Waals surface area contributed by atoms with Crippen LogP contribution in [0.2, 0.25) is 0 Å². The van der Waals surface area contributed by atoms with Crippen LogP contribution in [0.25, 0.3) is 0 Å². The molecule has 0 aromatic heterocycles. The van der Waals surface area contributed by atoms with Gasteiger partial charge in [0.2, 0.25) is 0 Å². The zero-order valence-corrected chi connectivity index (χ0v) is 13.5. The number of methoxy groups -OCH3 is 2. The van der Waals surface area contributed by atoms with Crippen LogP contribution in [0.4, 0.5) is 4.39 Å². The Kier molecular flexibility index (Phi) is 7.18. The minimum atomic E-state index is -0.885. The number of carbonyl (C=O) groups is 2. The van der Waals surface area contributed by atoms with Crippen LogP contribution in [-0.2, 0) is 19.1 Å². The fourth-order valence-corrected chi connectivity index (χ4v) is 2.73. The van der Waals surface area contributed by atoms with E-state index in [4.69, 9.17) is 5.11 Å². The highest BCUT2D eigenvalue weighted by Crippen LogP contribution is 2.19. The summed E-state index contributed by atoms with van der Waals surface area (Å²) in [6.07, 6.45) is -0.514. The van der Waals surface area contributed by atoms with Gasteiger partial charge in [0.1, 0.15) is 18.3 Å². The van der Waals surface area contributed by atoms with E-state index in [-0.39, 0.29) is 36.5 Å². The third kappa shape index (κ3) is 4.89. The lowest BCUT2D eigenvalue weighted by atomic mass is 10.2. The second-order valence-corrected chi connectivity index (χ2v) is 5.68. The quantitative estimate of drug-likeness (QED) is 0.682. The average molecular weight is 320 g/mol. The van der Waals surface area contributed by atoms with Gasteiger partial charge in [-0.15, -0.1) is 0 Å². The van der Waals surface area contributed by atoms with E-state index in [0.717, 1.165) is 0 Å². The molecule has 128 valence electrons. The van der Waals surface area contributed by atoms with Gasteiger partial charge in [0.15, 0.2) is 0 Å². The lowest BCUT2D eigenvalue weighted by molar-refractivity contribution is -0.146. The van der Waals surface area contributed by atoms with Crippen molar-refractivity contribution in [2.75, 3.05) is 41.4 Å². The molecule has 2 aliphatic rings. The molecule has 2 saturated heterocycles. The molecule has 22 heavy (non-hydrogen) atoms. The number of alkyl halides is 1. The van der Waals surface area contributed by atoms with Crippen molar-refractivity contribution >= 4 is 11.9 Å². The average Bonchev–Trinajstić information content (AvgIpc) is 2.99. The van der Waals surface area contributed by atoms with E-state index in [1.807, 2.05) is 0 Å². The molecule has 0 radical (unpaired) electrons. The molecule has 0 unspecified atom stereocenters. The van der Waals surface area contributed by atoms with Gasteiger partial charge < -0.3 is 14.6 Å². The molecule has 2 heterocycles. The van der Waals surface area contributed by atoms with Crippen LogP contribution < -0.4 is 0 Å². The Morgan fingerprint density at radius 2 is 1.45 bits per heavy atom. The van der Waals surface area contributed by atoms with Crippen molar-refractivity contribution in [2.24, 2.45) is 0 Å². The van der Waals surface area contributed by atoms with Crippen molar-refractivity contribution in [3.05, 3.63) is 0 Å². The summed E-state index contributed by atoms with van der Waals surface area (Å²) in [7, 11) is 6.21. The van der Waals surface area contributed by atoms with E-state index in [9.17, 15) is 14.0 Å². The van der Waals surface area contributed by atoms with Crippen LogP contribution in [0.15, 0.2) is 0 Å². The van der Waals surface area contributed by atoms with E-state index < -0.39 is 6.17 Å². The summed E-state index contributed by atoms with van der Waals surface area (Å²) in [6.45, 7) is 0.888. The predicted molar refractivity (Wildman–Crippen MR) is 77.0 cm³/mol. The number of halogens is 1. The molecule has 4 atom stereocenters. The molecule has 2 fully saturated rings. The highest BCUT2D eigenvalue weighted by atomic mass is 19.1. The predicted octanol–water partition coefficient (Wildman–Crippen LogP) is -0.574. The topological polar surface area (TPSA) is 79.3 Å². The first kappa shape index (κ1) is 18.8. The summed E-state index contributed by atoms with van der Waals surface area (Å²) in [5, 5.41) is 9.16. The lowest BCUT2D eigenvalue weighted by Gasteiger charge is -2.15. The van der Waals surface area contributed by atoms with Crippen molar-refractivity contribution in [3.8, 4) is 0 Å². The summed E-state index contributed by atoms with van der Waals surface area (Å²) in [4.78, 5) is 25.4. The van der Waals surface area contributed by atoms with Crippen molar-refractivity contribution < 1.29 is 28.6 Å². The maximum absolute atomic E-state index is 12.7. The zero-order chi connectivity index (χ0) is 16.9. The highest BCUT2D eigenvalue weighted by Gasteiger charge is 2.35. The van der Waals surface area contributed by atoms with Crippen LogP contribution in [-0.4, -0.2) is 92.6 Å². The number of esters is 2. The van der Waals surface area contributed by atoms with Crippen molar-refractivity contribution in [2.45, 2.75) is 37.2 Å². The van der Waals surface area contributed by atoms with Crippen molar-refractivity contribution in [1.82, 2.24) is 9.80 Å². The summed E-state index contributed by atoms with van der Waals surface area (Å²) < 4.78 is 21.7. The fourth-order valence-electron chi connectivity index (χ4n) is 2.73. The Balaban J connectivity index is 0.000000220. The number of carbonyl (C=O) groups excluding carboxylic acids is 2. The molecule has 0 bridgehead atoms. The van der Waals surface area contributed by atoms with Gasteiger partial charge in [-0.2, -0.15) is 0 Å². The number of hydrogen-bond acceptors (Lipinski definition) is 7. The van der Waals surface area contributed by atoms with Gasteiger partial charge in [-0.25, -0.2) is 4.39 Å². The highest BCUT2D eigenvalue weighted by molar-refractivity contribution is 5.76. The molecule has 8 heteroatoms. The van der Waals surface area contributed by atoms with Crippen LogP contribution in [0.1, 0.15) is 12.8 Å². The first-order valence-electron chi connectivity index (χ1n) is 7.18. The van der Waals surface area contributed by atoms with Gasteiger partial charge in [-0.1, -0.05) is 0 Å². The Labute approximate surface area is 130 Å². The van der Waals surface area contributed by atoms with Crippen LogP contribution in [0.3, 0.4) is 0 Å². The Bertz CT molecular complexity index is 359. The number of aliphatic hydroxyl groups is 1. The fraction of sp³-hybridized carbons (Fsp3) is 0.857. The molecule has 7 nitrogen and oxygen atoms in total. The molecule has 0 saturated carbocycles. The zero-order valence-electron chi connectivity index (χ0n) is 13.5. The minimum Gasteiger partial charge on any atom is -0.468 e. The number of aliphatic hydroxyl groups excluding tert-OH is 1. The standard InChI is InChI=1S/C7H12FNO2.C7H13NO3/c1-9-4-5(8)3-6(9)7(10)11-2;1-8-4-5(9)3-6(8)7(10)11-2/h5-6H,3-4H2,1-2H3;5-6,9H,3-4H2,1-2H3/t5-,6-;5-,6+/m01/s1. The molecule has 0 aromatic carbocycles. The van der Waals surface area contributed by atoms with Gasteiger partial charge >= 0.3 is 11.9 Å². The Morgan fingerprint density at radius 3 is 1.77 bits per heavy atom. The van der Waals surface area contributed by atoms with E-state index in [0.29, 0.717) is 19.5 Å². The van der Waals surface area contributed by atoms with E-state index in [1.54, 1.807) is 23.9 Å². The molecule has 0 spiro atoms. The van der Waals surface area contributed by atoms with Gasteiger partial charge in [-0.05, 0) is 14.1 Å². The normalized spacial score (nSPS) is 32.3. The van der Waals surface area contributed by atoms with Gasteiger partial charge in [0.25, 0.3) is 0 Å². The summed E-state index contributed by atoms with van der Waals surface area (Å²) in [6, 6.07) is -0.634. The van der Waals surface area contributed by atoms with Gasteiger partial charge in [0, 0.05) is 25.9 Å². The largest absolute Gasteiger partial charge is 0.468 e. The molecule has 0 aliphatic carbocycles. The number of nitrogens with zero attached hydrogens (tertiary/aromatic N) is 2.